The van der Waals surface area contributed by atoms with Gasteiger partial charge in [0.15, 0.2) is 0 Å². The molecule has 1 saturated heterocycles. The van der Waals surface area contributed by atoms with E-state index in [1.165, 1.54) is 0 Å². The number of hydrogen-bond donors (Lipinski definition) is 2. The predicted molar refractivity (Wildman–Crippen MR) is 74.1 cm³/mol. The molecule has 1 unspecified atom stereocenters. The molecule has 5 nitrogen and oxygen atoms in total. The van der Waals surface area contributed by atoms with Crippen LogP contribution in [0.15, 0.2) is 24.3 Å². The molecule has 108 valence electrons. The number of esters is 1. The van der Waals surface area contributed by atoms with Gasteiger partial charge in [-0.25, -0.2) is 0 Å². The maximum Gasteiger partial charge on any atom is 0.312 e. The lowest BCUT2D eigenvalue weighted by Gasteiger charge is -2.22. The smallest absolute Gasteiger partial charge is 0.312 e. The molecule has 0 aliphatic carbocycles. The second-order valence-corrected chi connectivity index (χ2v) is 5.34. The maximum atomic E-state index is 11.8. The summed E-state index contributed by atoms with van der Waals surface area (Å²) in [5, 5.41) is 8.99. The number of carbonyl (C=O) groups is 2. The standard InChI is InChI=1S/C15H19NO4/c16-12-5-1-3-11(9-12)4-2-6-15(10-13(17)18)7-8-20-14(15)19/h1,3,5,9H,2,4,6-8,10,16H2,(H,17,18). The fraction of sp³-hybridized carbons (Fsp3) is 0.467. The van der Waals surface area contributed by atoms with Crippen molar-refractivity contribution in [3.05, 3.63) is 29.8 Å². The van der Waals surface area contributed by atoms with E-state index in [9.17, 15) is 9.59 Å². The van der Waals surface area contributed by atoms with Gasteiger partial charge in [0.1, 0.15) is 0 Å². The van der Waals surface area contributed by atoms with Crippen molar-refractivity contribution in [1.82, 2.24) is 0 Å². The van der Waals surface area contributed by atoms with E-state index in [-0.39, 0.29) is 12.4 Å². The van der Waals surface area contributed by atoms with Crippen LogP contribution in [-0.2, 0) is 20.7 Å². The van der Waals surface area contributed by atoms with Gasteiger partial charge >= 0.3 is 11.9 Å². The maximum absolute atomic E-state index is 11.8. The Morgan fingerprint density at radius 1 is 1.45 bits per heavy atom. The van der Waals surface area contributed by atoms with Crippen LogP contribution in [0.4, 0.5) is 5.69 Å². The number of benzene rings is 1. The van der Waals surface area contributed by atoms with Crippen molar-refractivity contribution in [2.45, 2.75) is 32.1 Å². The van der Waals surface area contributed by atoms with Crippen LogP contribution in [0.3, 0.4) is 0 Å². The summed E-state index contributed by atoms with van der Waals surface area (Å²) in [6, 6.07) is 7.59. The van der Waals surface area contributed by atoms with Crippen LogP contribution < -0.4 is 5.73 Å². The topological polar surface area (TPSA) is 89.6 Å². The van der Waals surface area contributed by atoms with Crippen LogP contribution in [0.5, 0.6) is 0 Å². The van der Waals surface area contributed by atoms with Crippen molar-refractivity contribution in [2.24, 2.45) is 5.41 Å². The Morgan fingerprint density at radius 3 is 2.85 bits per heavy atom. The Kier molecular flexibility index (Phi) is 4.27. The minimum Gasteiger partial charge on any atom is -0.481 e. The number of carboxylic acids is 1. The minimum atomic E-state index is -0.951. The molecule has 5 heteroatoms. The SMILES string of the molecule is Nc1cccc(CCCC2(CC(=O)O)CCOC2=O)c1. The Labute approximate surface area is 117 Å². The molecule has 0 radical (unpaired) electrons. The molecule has 0 spiro atoms. The first-order valence-corrected chi connectivity index (χ1v) is 6.75. The average molecular weight is 277 g/mol. The number of ether oxygens (including phenoxy) is 1. The summed E-state index contributed by atoms with van der Waals surface area (Å²) in [6.07, 6.45) is 2.40. The van der Waals surface area contributed by atoms with Crippen LogP contribution in [-0.4, -0.2) is 23.7 Å². The first-order valence-electron chi connectivity index (χ1n) is 6.75. The second kappa shape index (κ2) is 5.94. The van der Waals surface area contributed by atoms with Gasteiger partial charge in [-0.3, -0.25) is 9.59 Å². The van der Waals surface area contributed by atoms with Crippen LogP contribution in [0.2, 0.25) is 0 Å². The molecular formula is C15H19NO4. The number of cyclic esters (lactones) is 1. The van der Waals surface area contributed by atoms with Gasteiger partial charge in [0.2, 0.25) is 0 Å². The van der Waals surface area contributed by atoms with E-state index in [0.717, 1.165) is 18.4 Å². The van der Waals surface area contributed by atoms with Gasteiger partial charge in [0, 0.05) is 5.69 Å². The molecule has 1 heterocycles. The van der Waals surface area contributed by atoms with Crippen molar-refractivity contribution >= 4 is 17.6 Å². The number of anilines is 1. The molecule has 0 aromatic heterocycles. The van der Waals surface area contributed by atoms with Crippen molar-refractivity contribution in [3.63, 3.8) is 0 Å². The first-order chi connectivity index (χ1) is 9.52. The summed E-state index contributed by atoms with van der Waals surface area (Å²) in [5.41, 5.74) is 6.68. The summed E-state index contributed by atoms with van der Waals surface area (Å²) in [6.45, 7) is 0.324. The fourth-order valence-electron chi connectivity index (χ4n) is 2.74. The Balaban J connectivity index is 1.96. The molecule has 1 aromatic rings. The number of carboxylic acid groups (broad SMARTS) is 1. The summed E-state index contributed by atoms with van der Waals surface area (Å²) in [5.74, 6) is -1.32. The largest absolute Gasteiger partial charge is 0.481 e. The van der Waals surface area contributed by atoms with Crippen LogP contribution in [0.25, 0.3) is 0 Å². The van der Waals surface area contributed by atoms with E-state index < -0.39 is 11.4 Å². The highest BCUT2D eigenvalue weighted by atomic mass is 16.5. The van der Waals surface area contributed by atoms with Crippen molar-refractivity contribution < 1.29 is 19.4 Å². The third-order valence-corrected chi connectivity index (χ3v) is 3.81. The molecule has 1 atom stereocenters. The first kappa shape index (κ1) is 14.4. The second-order valence-electron chi connectivity index (χ2n) is 5.34. The highest BCUT2D eigenvalue weighted by molar-refractivity contribution is 5.84. The quantitative estimate of drug-likeness (QED) is 0.613. The van der Waals surface area contributed by atoms with Crippen molar-refractivity contribution in [1.29, 1.82) is 0 Å². The molecule has 1 fully saturated rings. The van der Waals surface area contributed by atoms with E-state index >= 15 is 0 Å². The predicted octanol–water partition coefficient (Wildman–Crippen LogP) is 2.00. The van der Waals surface area contributed by atoms with Crippen molar-refractivity contribution in [2.75, 3.05) is 12.3 Å². The number of hydrogen-bond acceptors (Lipinski definition) is 4. The summed E-state index contributed by atoms with van der Waals surface area (Å²) in [7, 11) is 0. The molecule has 0 bridgehead atoms. The lowest BCUT2D eigenvalue weighted by atomic mass is 9.78. The van der Waals surface area contributed by atoms with E-state index in [4.69, 9.17) is 15.6 Å². The van der Waals surface area contributed by atoms with E-state index in [1.807, 2.05) is 24.3 Å². The fourth-order valence-corrected chi connectivity index (χ4v) is 2.74. The molecule has 0 saturated carbocycles. The average Bonchev–Trinajstić information content (AvgIpc) is 2.70. The van der Waals surface area contributed by atoms with Gasteiger partial charge in [0.05, 0.1) is 18.4 Å². The molecule has 1 aromatic carbocycles. The number of aryl methyl sites for hydroxylation is 1. The zero-order valence-corrected chi connectivity index (χ0v) is 11.3. The molecule has 0 amide bonds. The summed E-state index contributed by atoms with van der Waals surface area (Å²) >= 11 is 0. The number of nitrogen functional groups attached to an aromatic ring is 1. The number of rotatable bonds is 6. The lowest BCUT2D eigenvalue weighted by molar-refractivity contribution is -0.152. The normalized spacial score (nSPS) is 21.7. The van der Waals surface area contributed by atoms with Crippen molar-refractivity contribution in [3.8, 4) is 0 Å². The number of aliphatic carboxylic acids is 1. The van der Waals surface area contributed by atoms with Gasteiger partial charge in [-0.1, -0.05) is 12.1 Å². The molecule has 3 N–H and O–H groups in total. The lowest BCUT2D eigenvalue weighted by Crippen LogP contribution is -2.29. The zero-order valence-electron chi connectivity index (χ0n) is 11.3. The Bertz CT molecular complexity index is 514. The van der Waals surface area contributed by atoms with E-state index in [0.29, 0.717) is 25.1 Å². The van der Waals surface area contributed by atoms with Gasteiger partial charge in [-0.15, -0.1) is 0 Å². The minimum absolute atomic E-state index is 0.150. The van der Waals surface area contributed by atoms with E-state index in [2.05, 4.69) is 0 Å². The summed E-state index contributed by atoms with van der Waals surface area (Å²) in [4.78, 5) is 22.8. The third-order valence-electron chi connectivity index (χ3n) is 3.81. The molecule has 1 aliphatic rings. The van der Waals surface area contributed by atoms with Gasteiger partial charge in [-0.2, -0.15) is 0 Å². The third kappa shape index (κ3) is 3.29. The molecule has 20 heavy (non-hydrogen) atoms. The highest BCUT2D eigenvalue weighted by Crippen LogP contribution is 2.38. The monoisotopic (exact) mass is 277 g/mol. The molecule has 2 rings (SSSR count). The van der Waals surface area contributed by atoms with Crippen LogP contribution in [0.1, 0.15) is 31.2 Å². The van der Waals surface area contributed by atoms with Crippen LogP contribution >= 0.6 is 0 Å². The molecular weight excluding hydrogens is 258 g/mol. The van der Waals surface area contributed by atoms with Gasteiger partial charge < -0.3 is 15.6 Å². The zero-order chi connectivity index (χ0) is 14.6. The summed E-state index contributed by atoms with van der Waals surface area (Å²) < 4.78 is 4.97. The highest BCUT2D eigenvalue weighted by Gasteiger charge is 2.45. The number of carbonyl (C=O) groups excluding carboxylic acids is 1. The number of nitrogens with two attached hydrogens (primary N) is 1. The van der Waals surface area contributed by atoms with Gasteiger partial charge in [-0.05, 0) is 43.4 Å². The Morgan fingerprint density at radius 2 is 2.25 bits per heavy atom. The molecule has 1 aliphatic heterocycles. The van der Waals surface area contributed by atoms with Crippen LogP contribution in [0, 0.1) is 5.41 Å². The van der Waals surface area contributed by atoms with E-state index in [1.54, 1.807) is 0 Å². The van der Waals surface area contributed by atoms with Gasteiger partial charge in [0.25, 0.3) is 0 Å². The Hall–Kier alpha value is -2.04.